The van der Waals surface area contributed by atoms with Crippen LogP contribution in [0.2, 0.25) is 0 Å². The molecule has 0 unspecified atom stereocenters. The largest absolute Gasteiger partial charge is 0.405 e. The Kier molecular flexibility index (Phi) is 4.56. The molecule has 1 amide bonds. The maximum Gasteiger partial charge on any atom is 0.405 e. The maximum absolute atomic E-state index is 11.9. The number of alkyl halides is 3. The van der Waals surface area contributed by atoms with Crippen molar-refractivity contribution in [3.8, 4) is 0 Å². The zero-order chi connectivity index (χ0) is 14.7. The van der Waals surface area contributed by atoms with Gasteiger partial charge < -0.3 is 5.32 Å². The lowest BCUT2D eigenvalue weighted by molar-refractivity contribution is -0.123. The van der Waals surface area contributed by atoms with E-state index in [9.17, 15) is 26.4 Å². The molecule has 0 saturated heterocycles. The van der Waals surface area contributed by atoms with E-state index in [2.05, 4.69) is 0 Å². The van der Waals surface area contributed by atoms with Crippen molar-refractivity contribution in [2.75, 3.05) is 12.8 Å². The zero-order valence-electron chi connectivity index (χ0n) is 9.99. The van der Waals surface area contributed by atoms with Gasteiger partial charge in [0.05, 0.1) is 5.75 Å². The summed E-state index contributed by atoms with van der Waals surface area (Å²) in [4.78, 5) is 11.4. The van der Waals surface area contributed by atoms with E-state index in [0.717, 1.165) is 6.26 Å². The second-order valence-corrected chi connectivity index (χ2v) is 6.21. The van der Waals surface area contributed by atoms with Gasteiger partial charge in [-0.2, -0.15) is 13.2 Å². The number of sulfone groups is 1. The molecule has 0 spiro atoms. The highest BCUT2D eigenvalue weighted by atomic mass is 32.2. The fourth-order valence-corrected chi connectivity index (χ4v) is 2.17. The summed E-state index contributed by atoms with van der Waals surface area (Å²) in [5.41, 5.74) is 0.340. The van der Waals surface area contributed by atoms with Gasteiger partial charge in [0, 0.05) is 11.8 Å². The van der Waals surface area contributed by atoms with Crippen molar-refractivity contribution >= 4 is 15.7 Å². The Morgan fingerprint density at radius 3 is 2.47 bits per heavy atom. The minimum absolute atomic E-state index is 0.00889. The van der Waals surface area contributed by atoms with Crippen molar-refractivity contribution in [1.29, 1.82) is 0 Å². The van der Waals surface area contributed by atoms with Crippen molar-refractivity contribution in [3.63, 3.8) is 0 Å². The second-order valence-electron chi connectivity index (χ2n) is 4.07. The Morgan fingerprint density at radius 2 is 1.95 bits per heavy atom. The third-order valence-corrected chi connectivity index (χ3v) is 2.93. The topological polar surface area (TPSA) is 63.2 Å². The van der Waals surface area contributed by atoms with Gasteiger partial charge in [0.15, 0.2) is 9.84 Å². The van der Waals surface area contributed by atoms with E-state index in [1.54, 1.807) is 5.32 Å². The first kappa shape index (κ1) is 15.5. The van der Waals surface area contributed by atoms with Gasteiger partial charge in [0.1, 0.15) is 6.54 Å². The summed E-state index contributed by atoms with van der Waals surface area (Å²) in [5.74, 6) is -1.17. The van der Waals surface area contributed by atoms with Crippen LogP contribution in [0.1, 0.15) is 15.9 Å². The molecule has 1 rings (SSSR count). The van der Waals surface area contributed by atoms with Crippen LogP contribution in [0.5, 0.6) is 0 Å². The van der Waals surface area contributed by atoms with Gasteiger partial charge in [-0.25, -0.2) is 8.42 Å². The normalized spacial score (nSPS) is 12.2. The van der Waals surface area contributed by atoms with Crippen LogP contribution in [0.3, 0.4) is 0 Å². The van der Waals surface area contributed by atoms with Crippen molar-refractivity contribution in [2.45, 2.75) is 11.9 Å². The van der Waals surface area contributed by atoms with E-state index in [-0.39, 0.29) is 11.3 Å². The molecule has 1 aromatic rings. The Bertz CT molecular complexity index is 567. The van der Waals surface area contributed by atoms with Crippen molar-refractivity contribution < 1.29 is 26.4 Å². The molecule has 0 aliphatic carbocycles. The van der Waals surface area contributed by atoms with Gasteiger partial charge >= 0.3 is 6.18 Å². The molecule has 0 radical (unpaired) electrons. The molecule has 0 atom stereocenters. The minimum atomic E-state index is -4.49. The number of halogens is 3. The lowest BCUT2D eigenvalue weighted by Gasteiger charge is -2.09. The monoisotopic (exact) mass is 295 g/mol. The smallest absolute Gasteiger partial charge is 0.343 e. The molecule has 0 fully saturated rings. The fraction of sp³-hybridized carbons (Fsp3) is 0.364. The van der Waals surface area contributed by atoms with Gasteiger partial charge in [0.2, 0.25) is 0 Å². The van der Waals surface area contributed by atoms with Gasteiger partial charge in [-0.15, -0.1) is 0 Å². The Hall–Kier alpha value is -1.57. The summed E-state index contributed by atoms with van der Waals surface area (Å²) in [7, 11) is -3.27. The lowest BCUT2D eigenvalue weighted by atomic mass is 10.1. The number of amides is 1. The third kappa shape index (κ3) is 6.23. The number of benzene rings is 1. The van der Waals surface area contributed by atoms with Crippen LogP contribution in [0, 0.1) is 0 Å². The number of nitrogens with one attached hydrogen (secondary N) is 1. The summed E-state index contributed by atoms with van der Waals surface area (Å²) in [6, 6.07) is 5.48. The predicted octanol–water partition coefficient (Wildman–Crippen LogP) is 1.52. The highest BCUT2D eigenvalue weighted by Gasteiger charge is 2.27. The van der Waals surface area contributed by atoms with Crippen molar-refractivity contribution in [1.82, 2.24) is 5.32 Å². The number of carbonyl (C=O) groups excluding carboxylic acids is 1. The van der Waals surface area contributed by atoms with E-state index in [4.69, 9.17) is 0 Å². The van der Waals surface area contributed by atoms with Crippen LogP contribution in [0.4, 0.5) is 13.2 Å². The Balaban J connectivity index is 2.79. The van der Waals surface area contributed by atoms with E-state index < -0.39 is 28.5 Å². The first-order chi connectivity index (χ1) is 8.57. The zero-order valence-corrected chi connectivity index (χ0v) is 10.8. The average Bonchev–Trinajstić information content (AvgIpc) is 2.23. The average molecular weight is 295 g/mol. The number of rotatable bonds is 4. The predicted molar refractivity (Wildman–Crippen MR) is 63.4 cm³/mol. The Morgan fingerprint density at radius 1 is 1.32 bits per heavy atom. The summed E-state index contributed by atoms with van der Waals surface area (Å²) in [6.07, 6.45) is -3.45. The van der Waals surface area contributed by atoms with Crippen LogP contribution < -0.4 is 5.32 Å². The van der Waals surface area contributed by atoms with Crippen LogP contribution in [0.25, 0.3) is 0 Å². The lowest BCUT2D eigenvalue weighted by Crippen LogP contribution is -2.33. The molecule has 0 bridgehead atoms. The van der Waals surface area contributed by atoms with E-state index in [1.807, 2.05) is 0 Å². The Labute approximate surface area is 108 Å². The van der Waals surface area contributed by atoms with Crippen LogP contribution in [-0.4, -0.2) is 33.3 Å². The van der Waals surface area contributed by atoms with Crippen LogP contribution in [0.15, 0.2) is 24.3 Å². The highest BCUT2D eigenvalue weighted by molar-refractivity contribution is 7.89. The standard InChI is InChI=1S/C11H12F3NO3S/c1-19(17,18)6-8-3-2-4-9(5-8)10(16)15-7-11(12,13)14/h2-5H,6-7H2,1H3,(H,15,16). The highest BCUT2D eigenvalue weighted by Crippen LogP contribution is 2.13. The van der Waals surface area contributed by atoms with E-state index in [1.165, 1.54) is 24.3 Å². The SMILES string of the molecule is CS(=O)(=O)Cc1cccc(C(=O)NCC(F)(F)F)c1. The number of carbonyl (C=O) groups is 1. The summed E-state index contributed by atoms with van der Waals surface area (Å²) < 4.78 is 58.0. The quantitative estimate of drug-likeness (QED) is 0.916. The summed E-state index contributed by atoms with van der Waals surface area (Å²) in [6.45, 7) is -1.43. The molecule has 0 aromatic heterocycles. The van der Waals surface area contributed by atoms with Gasteiger partial charge in [-0.3, -0.25) is 4.79 Å². The van der Waals surface area contributed by atoms with E-state index >= 15 is 0 Å². The molecule has 0 aliphatic rings. The molecule has 0 heterocycles. The number of hydrogen-bond donors (Lipinski definition) is 1. The van der Waals surface area contributed by atoms with Crippen LogP contribution >= 0.6 is 0 Å². The molecule has 4 nitrogen and oxygen atoms in total. The fourth-order valence-electron chi connectivity index (χ4n) is 1.39. The maximum atomic E-state index is 11.9. The number of hydrogen-bond acceptors (Lipinski definition) is 3. The summed E-state index contributed by atoms with van der Waals surface area (Å²) >= 11 is 0. The molecule has 0 aliphatic heterocycles. The molecule has 106 valence electrons. The molecule has 1 aromatic carbocycles. The first-order valence-electron chi connectivity index (χ1n) is 5.18. The van der Waals surface area contributed by atoms with Gasteiger partial charge in [0.25, 0.3) is 5.91 Å². The molecular formula is C11H12F3NO3S. The van der Waals surface area contributed by atoms with E-state index in [0.29, 0.717) is 5.56 Å². The minimum Gasteiger partial charge on any atom is -0.343 e. The van der Waals surface area contributed by atoms with Crippen LogP contribution in [-0.2, 0) is 15.6 Å². The first-order valence-corrected chi connectivity index (χ1v) is 7.24. The second kappa shape index (κ2) is 5.60. The molecule has 19 heavy (non-hydrogen) atoms. The summed E-state index contributed by atoms with van der Waals surface area (Å²) in [5, 5.41) is 1.72. The molecule has 8 heteroatoms. The van der Waals surface area contributed by atoms with Crippen molar-refractivity contribution in [2.24, 2.45) is 0 Å². The molecule has 0 saturated carbocycles. The molecule has 1 N–H and O–H groups in total. The molecular weight excluding hydrogens is 283 g/mol. The van der Waals surface area contributed by atoms with Crippen molar-refractivity contribution in [3.05, 3.63) is 35.4 Å². The van der Waals surface area contributed by atoms with Gasteiger partial charge in [-0.1, -0.05) is 12.1 Å². The van der Waals surface area contributed by atoms with Gasteiger partial charge in [-0.05, 0) is 17.7 Å². The third-order valence-electron chi connectivity index (χ3n) is 2.07.